The molecule has 1 heterocycles. The van der Waals surface area contributed by atoms with Crippen molar-refractivity contribution in [2.45, 2.75) is 25.4 Å². The van der Waals surface area contributed by atoms with Crippen LogP contribution >= 0.6 is 0 Å². The summed E-state index contributed by atoms with van der Waals surface area (Å²) < 4.78 is 0. The van der Waals surface area contributed by atoms with Gasteiger partial charge in [0.05, 0.1) is 0 Å². The Bertz CT molecular complexity index is 460. The first kappa shape index (κ1) is 13.4. The highest BCUT2D eigenvalue weighted by Crippen LogP contribution is 2.07. The maximum Gasteiger partial charge on any atom is 0.220 e. The second-order valence-corrected chi connectivity index (χ2v) is 4.60. The summed E-state index contributed by atoms with van der Waals surface area (Å²) in [4.78, 5) is 11.0. The standard InChI is InChI=1S/C13H18N4O2/c14-13(17-19)10-3-1-9(2-4-10)7-15-11-5-6-12(18)16-8-11/h1-4,11,15,19H,5-8H2,(H2,14,17)(H,16,18). The van der Waals surface area contributed by atoms with E-state index in [0.29, 0.717) is 24.6 Å². The van der Waals surface area contributed by atoms with Gasteiger partial charge in [0.1, 0.15) is 0 Å². The van der Waals surface area contributed by atoms with Gasteiger partial charge in [0.25, 0.3) is 0 Å². The van der Waals surface area contributed by atoms with Crippen molar-refractivity contribution in [3.05, 3.63) is 35.4 Å². The molecule has 1 aliphatic rings. The van der Waals surface area contributed by atoms with Crippen LogP contribution in [0.4, 0.5) is 0 Å². The van der Waals surface area contributed by atoms with Gasteiger partial charge >= 0.3 is 0 Å². The summed E-state index contributed by atoms with van der Waals surface area (Å²) in [5.41, 5.74) is 7.30. The second-order valence-electron chi connectivity index (χ2n) is 4.60. The first-order valence-corrected chi connectivity index (χ1v) is 6.26. The Hall–Kier alpha value is -2.08. The van der Waals surface area contributed by atoms with Gasteiger partial charge in [-0.15, -0.1) is 0 Å². The number of nitrogens with zero attached hydrogens (tertiary/aromatic N) is 1. The Morgan fingerprint density at radius 1 is 1.47 bits per heavy atom. The van der Waals surface area contributed by atoms with Crippen molar-refractivity contribution in [3.8, 4) is 0 Å². The molecule has 0 aromatic heterocycles. The number of benzene rings is 1. The van der Waals surface area contributed by atoms with Crippen LogP contribution < -0.4 is 16.4 Å². The highest BCUT2D eigenvalue weighted by molar-refractivity contribution is 5.96. The number of hydrogen-bond donors (Lipinski definition) is 4. The summed E-state index contributed by atoms with van der Waals surface area (Å²) in [7, 11) is 0. The lowest BCUT2D eigenvalue weighted by Gasteiger charge is -2.23. The fourth-order valence-corrected chi connectivity index (χ4v) is 2.02. The smallest absolute Gasteiger partial charge is 0.220 e. The number of amides is 1. The molecule has 102 valence electrons. The van der Waals surface area contributed by atoms with Gasteiger partial charge in [0.15, 0.2) is 5.84 Å². The quantitative estimate of drug-likeness (QED) is 0.268. The third-order valence-corrected chi connectivity index (χ3v) is 3.22. The zero-order valence-corrected chi connectivity index (χ0v) is 10.6. The predicted octanol–water partition coefficient (Wildman–Crippen LogP) is 0.149. The van der Waals surface area contributed by atoms with Crippen LogP contribution in [0.3, 0.4) is 0 Å². The first-order valence-electron chi connectivity index (χ1n) is 6.26. The van der Waals surface area contributed by atoms with Gasteiger partial charge in [-0.25, -0.2) is 0 Å². The van der Waals surface area contributed by atoms with Crippen LogP contribution in [0.15, 0.2) is 29.4 Å². The third-order valence-electron chi connectivity index (χ3n) is 3.22. The average molecular weight is 262 g/mol. The van der Waals surface area contributed by atoms with Crippen LogP contribution in [-0.2, 0) is 11.3 Å². The van der Waals surface area contributed by atoms with E-state index in [-0.39, 0.29) is 11.7 Å². The normalized spacial score (nSPS) is 20.1. The molecule has 1 aliphatic heterocycles. The van der Waals surface area contributed by atoms with Gasteiger partial charge in [-0.3, -0.25) is 4.79 Å². The minimum atomic E-state index is 0.106. The average Bonchev–Trinajstić information content (AvgIpc) is 2.46. The van der Waals surface area contributed by atoms with E-state index < -0.39 is 0 Å². The SMILES string of the molecule is NC(=NO)c1ccc(CNC2CCC(=O)NC2)cc1. The number of rotatable bonds is 4. The maximum atomic E-state index is 11.0. The summed E-state index contributed by atoms with van der Waals surface area (Å²) in [5.74, 6) is 0.232. The van der Waals surface area contributed by atoms with Crippen LogP contribution in [0.2, 0.25) is 0 Å². The number of nitrogens with one attached hydrogen (secondary N) is 2. The summed E-state index contributed by atoms with van der Waals surface area (Å²) in [6.45, 7) is 1.41. The highest BCUT2D eigenvalue weighted by Gasteiger charge is 2.16. The molecule has 0 saturated carbocycles. The van der Waals surface area contributed by atoms with Crippen LogP contribution in [0.1, 0.15) is 24.0 Å². The Balaban J connectivity index is 1.85. The third kappa shape index (κ3) is 3.69. The van der Waals surface area contributed by atoms with Crippen LogP contribution in [-0.4, -0.2) is 29.5 Å². The van der Waals surface area contributed by atoms with Crippen molar-refractivity contribution in [3.63, 3.8) is 0 Å². The molecule has 0 aliphatic carbocycles. The first-order chi connectivity index (χ1) is 9.19. The molecular weight excluding hydrogens is 244 g/mol. The molecule has 1 unspecified atom stereocenters. The van der Waals surface area contributed by atoms with Gasteiger partial charge < -0.3 is 21.6 Å². The van der Waals surface area contributed by atoms with Crippen molar-refractivity contribution in [2.24, 2.45) is 10.9 Å². The van der Waals surface area contributed by atoms with Crippen LogP contribution in [0, 0.1) is 0 Å². The summed E-state index contributed by atoms with van der Waals surface area (Å²) >= 11 is 0. The lowest BCUT2D eigenvalue weighted by Crippen LogP contribution is -2.45. The molecular formula is C13H18N4O2. The number of carbonyl (C=O) groups is 1. The van der Waals surface area contributed by atoms with Crippen molar-refractivity contribution >= 4 is 11.7 Å². The van der Waals surface area contributed by atoms with Gasteiger partial charge in [-0.05, 0) is 12.0 Å². The van der Waals surface area contributed by atoms with E-state index >= 15 is 0 Å². The maximum absolute atomic E-state index is 11.0. The summed E-state index contributed by atoms with van der Waals surface area (Å²) in [5, 5.41) is 17.8. The molecule has 6 nitrogen and oxygen atoms in total. The van der Waals surface area contributed by atoms with Crippen molar-refractivity contribution in [1.29, 1.82) is 0 Å². The zero-order chi connectivity index (χ0) is 13.7. The van der Waals surface area contributed by atoms with Gasteiger partial charge in [-0.2, -0.15) is 0 Å². The molecule has 1 fully saturated rings. The molecule has 5 N–H and O–H groups in total. The predicted molar refractivity (Wildman–Crippen MR) is 71.8 cm³/mol. The molecule has 1 aromatic carbocycles. The molecule has 1 aromatic rings. The zero-order valence-electron chi connectivity index (χ0n) is 10.6. The lowest BCUT2D eigenvalue weighted by molar-refractivity contribution is -0.122. The molecule has 0 bridgehead atoms. The minimum Gasteiger partial charge on any atom is -0.409 e. The molecule has 0 spiro atoms. The summed E-state index contributed by atoms with van der Waals surface area (Å²) in [6, 6.07) is 7.81. The summed E-state index contributed by atoms with van der Waals surface area (Å²) in [6.07, 6.45) is 1.45. The Morgan fingerprint density at radius 2 is 2.21 bits per heavy atom. The molecule has 19 heavy (non-hydrogen) atoms. The largest absolute Gasteiger partial charge is 0.409 e. The van der Waals surface area contributed by atoms with E-state index in [4.69, 9.17) is 10.9 Å². The second kappa shape index (κ2) is 6.19. The van der Waals surface area contributed by atoms with Crippen molar-refractivity contribution in [1.82, 2.24) is 10.6 Å². The van der Waals surface area contributed by atoms with Crippen molar-refractivity contribution < 1.29 is 10.0 Å². The number of hydrogen-bond acceptors (Lipinski definition) is 4. The Labute approximate surface area is 111 Å². The van der Waals surface area contributed by atoms with Gasteiger partial charge in [0, 0.05) is 31.1 Å². The Kier molecular flexibility index (Phi) is 4.35. The fourth-order valence-electron chi connectivity index (χ4n) is 2.02. The van der Waals surface area contributed by atoms with E-state index in [9.17, 15) is 4.79 Å². The van der Waals surface area contributed by atoms with E-state index in [1.54, 1.807) is 0 Å². The van der Waals surface area contributed by atoms with Gasteiger partial charge in [0.2, 0.25) is 5.91 Å². The topological polar surface area (TPSA) is 99.7 Å². The number of amidine groups is 1. The number of nitrogens with two attached hydrogens (primary N) is 1. The monoisotopic (exact) mass is 262 g/mol. The fraction of sp³-hybridized carbons (Fsp3) is 0.385. The van der Waals surface area contributed by atoms with Crippen LogP contribution in [0.5, 0.6) is 0 Å². The van der Waals surface area contributed by atoms with E-state index in [0.717, 1.165) is 18.5 Å². The van der Waals surface area contributed by atoms with Crippen LogP contribution in [0.25, 0.3) is 0 Å². The van der Waals surface area contributed by atoms with E-state index in [1.165, 1.54) is 0 Å². The highest BCUT2D eigenvalue weighted by atomic mass is 16.4. The van der Waals surface area contributed by atoms with E-state index in [1.807, 2.05) is 24.3 Å². The van der Waals surface area contributed by atoms with E-state index in [2.05, 4.69) is 15.8 Å². The Morgan fingerprint density at radius 3 is 2.79 bits per heavy atom. The number of carbonyl (C=O) groups excluding carboxylic acids is 1. The minimum absolute atomic E-state index is 0.106. The molecule has 2 rings (SSSR count). The van der Waals surface area contributed by atoms with Gasteiger partial charge in [-0.1, -0.05) is 29.4 Å². The lowest BCUT2D eigenvalue weighted by atomic mass is 10.1. The number of oxime groups is 1. The number of piperidine rings is 1. The molecule has 1 saturated heterocycles. The molecule has 0 radical (unpaired) electrons. The molecule has 1 atom stereocenters. The van der Waals surface area contributed by atoms with Crippen molar-refractivity contribution in [2.75, 3.05) is 6.54 Å². The molecule has 6 heteroatoms. The molecule has 1 amide bonds.